The van der Waals surface area contributed by atoms with E-state index in [0.29, 0.717) is 12.4 Å². The minimum atomic E-state index is -0.335. The van der Waals surface area contributed by atoms with Crippen molar-refractivity contribution in [3.05, 3.63) is 29.6 Å². The van der Waals surface area contributed by atoms with Crippen molar-refractivity contribution >= 4 is 17.5 Å². The van der Waals surface area contributed by atoms with Gasteiger partial charge in [0.1, 0.15) is 18.2 Å². The maximum Gasteiger partial charge on any atom is 0.358 e. The van der Waals surface area contributed by atoms with Gasteiger partial charge in [-0.15, -0.1) is 0 Å². The van der Waals surface area contributed by atoms with Crippen LogP contribution in [0.15, 0.2) is 18.2 Å². The Labute approximate surface area is 73.9 Å². The fraction of sp³-hybridized carbons (Fsp3) is 0.125. The van der Waals surface area contributed by atoms with Crippen LogP contribution in [-0.2, 0) is 11.3 Å². The zero-order valence-corrected chi connectivity index (χ0v) is 6.86. The third-order valence-electron chi connectivity index (χ3n) is 1.57. The van der Waals surface area contributed by atoms with Crippen LogP contribution in [0.1, 0.15) is 5.56 Å². The lowest BCUT2D eigenvalue weighted by atomic mass is 10.2. The summed E-state index contributed by atoms with van der Waals surface area (Å²) in [4.78, 5) is 0. The minimum Gasteiger partial charge on any atom is -0.452 e. The number of benzene rings is 1. The monoisotopic (exact) mass is 184 g/mol. The Bertz CT molecular complexity index is 338. The van der Waals surface area contributed by atoms with Gasteiger partial charge in [-0.05, 0) is 12.1 Å². The SMILES string of the molecule is Fc1ccc2c(c1)OC(=S)OC2. The number of rotatable bonds is 0. The fourth-order valence-electron chi connectivity index (χ4n) is 0.999. The first-order chi connectivity index (χ1) is 5.75. The highest BCUT2D eigenvalue weighted by Gasteiger charge is 2.15. The van der Waals surface area contributed by atoms with E-state index in [1.54, 1.807) is 6.07 Å². The molecule has 0 saturated heterocycles. The lowest BCUT2D eigenvalue weighted by Crippen LogP contribution is -2.16. The molecular formula is C8H5FO2S. The zero-order valence-electron chi connectivity index (χ0n) is 6.04. The van der Waals surface area contributed by atoms with Crippen LogP contribution in [0.25, 0.3) is 0 Å². The van der Waals surface area contributed by atoms with Gasteiger partial charge in [-0.1, -0.05) is 0 Å². The van der Waals surface area contributed by atoms with E-state index in [9.17, 15) is 4.39 Å². The Kier molecular flexibility index (Phi) is 1.69. The number of hydrogen-bond donors (Lipinski definition) is 0. The molecule has 1 aliphatic heterocycles. The number of fused-ring (bicyclic) bond motifs is 1. The van der Waals surface area contributed by atoms with E-state index in [4.69, 9.17) is 9.47 Å². The summed E-state index contributed by atoms with van der Waals surface area (Å²) in [6.45, 7) is 0.356. The smallest absolute Gasteiger partial charge is 0.358 e. The highest BCUT2D eigenvalue weighted by atomic mass is 32.1. The molecule has 12 heavy (non-hydrogen) atoms. The molecule has 0 atom stereocenters. The number of ether oxygens (including phenoxy) is 2. The van der Waals surface area contributed by atoms with E-state index in [0.717, 1.165) is 5.56 Å². The van der Waals surface area contributed by atoms with Crippen molar-refractivity contribution in [1.29, 1.82) is 0 Å². The van der Waals surface area contributed by atoms with Crippen molar-refractivity contribution in [2.24, 2.45) is 0 Å². The highest BCUT2D eigenvalue weighted by Crippen LogP contribution is 2.24. The van der Waals surface area contributed by atoms with Crippen LogP contribution in [0.4, 0.5) is 4.39 Å². The van der Waals surface area contributed by atoms with Gasteiger partial charge < -0.3 is 9.47 Å². The first-order valence-electron chi connectivity index (χ1n) is 3.39. The summed E-state index contributed by atoms with van der Waals surface area (Å²) < 4.78 is 22.6. The molecule has 1 aromatic rings. The molecule has 0 bridgehead atoms. The van der Waals surface area contributed by atoms with E-state index >= 15 is 0 Å². The molecule has 1 heterocycles. The molecule has 0 spiro atoms. The van der Waals surface area contributed by atoms with Crippen molar-refractivity contribution in [3.8, 4) is 5.75 Å². The molecule has 0 radical (unpaired) electrons. The summed E-state index contributed by atoms with van der Waals surface area (Å²) in [5.41, 5.74) is 0.810. The van der Waals surface area contributed by atoms with E-state index in [1.807, 2.05) is 0 Å². The van der Waals surface area contributed by atoms with Crippen molar-refractivity contribution in [1.82, 2.24) is 0 Å². The van der Waals surface area contributed by atoms with Gasteiger partial charge >= 0.3 is 5.24 Å². The molecule has 0 N–H and O–H groups in total. The Balaban J connectivity index is 2.44. The molecule has 1 aromatic carbocycles. The van der Waals surface area contributed by atoms with Gasteiger partial charge in [0.2, 0.25) is 0 Å². The summed E-state index contributed by atoms with van der Waals surface area (Å²) in [5.74, 6) is 0.115. The van der Waals surface area contributed by atoms with E-state index in [1.165, 1.54) is 12.1 Å². The second-order valence-corrected chi connectivity index (χ2v) is 2.73. The number of hydrogen-bond acceptors (Lipinski definition) is 3. The molecule has 2 nitrogen and oxygen atoms in total. The van der Waals surface area contributed by atoms with Gasteiger partial charge in [0, 0.05) is 23.8 Å². The Hall–Kier alpha value is -1.16. The Morgan fingerprint density at radius 1 is 1.42 bits per heavy atom. The van der Waals surface area contributed by atoms with Gasteiger partial charge in [-0.3, -0.25) is 0 Å². The summed E-state index contributed by atoms with van der Waals surface area (Å²) in [6, 6.07) is 4.27. The minimum absolute atomic E-state index is 0.0492. The standard InChI is InChI=1S/C8H5FO2S/c9-6-2-1-5-4-10-8(12)11-7(5)3-6/h1-3H,4H2. The maximum atomic E-state index is 12.7. The van der Waals surface area contributed by atoms with Gasteiger partial charge in [0.05, 0.1) is 0 Å². The second kappa shape index (κ2) is 2.71. The van der Waals surface area contributed by atoms with E-state index in [-0.39, 0.29) is 11.1 Å². The molecule has 0 aliphatic carbocycles. The average Bonchev–Trinajstić information content (AvgIpc) is 2.03. The van der Waals surface area contributed by atoms with E-state index < -0.39 is 0 Å². The van der Waals surface area contributed by atoms with Crippen LogP contribution in [-0.4, -0.2) is 5.24 Å². The third kappa shape index (κ3) is 1.25. The van der Waals surface area contributed by atoms with Gasteiger partial charge in [-0.25, -0.2) is 4.39 Å². The van der Waals surface area contributed by atoms with Crippen molar-refractivity contribution in [2.75, 3.05) is 0 Å². The summed E-state index contributed by atoms with van der Waals surface area (Å²) in [5, 5.41) is 0.0492. The van der Waals surface area contributed by atoms with Crippen LogP contribution in [0.3, 0.4) is 0 Å². The lowest BCUT2D eigenvalue weighted by molar-refractivity contribution is 0.210. The van der Waals surface area contributed by atoms with Crippen LogP contribution < -0.4 is 4.74 Å². The average molecular weight is 184 g/mol. The molecule has 0 amide bonds. The van der Waals surface area contributed by atoms with Crippen molar-refractivity contribution in [3.63, 3.8) is 0 Å². The molecule has 0 unspecified atom stereocenters. The molecule has 4 heteroatoms. The predicted octanol–water partition coefficient (Wildman–Crippen LogP) is 2.02. The normalized spacial score (nSPS) is 14.6. The van der Waals surface area contributed by atoms with Crippen LogP contribution in [0, 0.1) is 5.82 Å². The summed E-state index contributed by atoms with van der Waals surface area (Å²) in [7, 11) is 0. The van der Waals surface area contributed by atoms with E-state index in [2.05, 4.69) is 12.2 Å². The first kappa shape index (κ1) is 7.49. The highest BCUT2D eigenvalue weighted by molar-refractivity contribution is 7.79. The van der Waals surface area contributed by atoms with Crippen LogP contribution in [0.2, 0.25) is 0 Å². The summed E-state index contributed by atoms with van der Waals surface area (Å²) >= 11 is 4.66. The fourth-order valence-corrected chi connectivity index (χ4v) is 1.15. The number of halogens is 1. The molecule has 0 fully saturated rings. The zero-order chi connectivity index (χ0) is 8.55. The molecule has 62 valence electrons. The number of thiocarbonyl (C=S) groups is 1. The van der Waals surface area contributed by atoms with Crippen molar-refractivity contribution < 1.29 is 13.9 Å². The van der Waals surface area contributed by atoms with Crippen LogP contribution >= 0.6 is 12.2 Å². The topological polar surface area (TPSA) is 18.5 Å². The third-order valence-corrected chi connectivity index (χ3v) is 1.77. The quantitative estimate of drug-likeness (QED) is 0.575. The Morgan fingerprint density at radius 2 is 2.25 bits per heavy atom. The predicted molar refractivity (Wildman–Crippen MR) is 44.4 cm³/mol. The van der Waals surface area contributed by atoms with Gasteiger partial charge in [0.25, 0.3) is 0 Å². The van der Waals surface area contributed by atoms with Gasteiger partial charge in [-0.2, -0.15) is 0 Å². The largest absolute Gasteiger partial charge is 0.452 e. The van der Waals surface area contributed by atoms with Crippen LogP contribution in [0.5, 0.6) is 5.75 Å². The molecule has 1 aliphatic rings. The maximum absolute atomic E-state index is 12.7. The summed E-state index contributed by atoms with van der Waals surface area (Å²) in [6.07, 6.45) is 0. The first-order valence-corrected chi connectivity index (χ1v) is 3.79. The Morgan fingerprint density at radius 3 is 3.08 bits per heavy atom. The molecule has 0 aromatic heterocycles. The molecule has 2 rings (SSSR count). The lowest BCUT2D eigenvalue weighted by Gasteiger charge is -2.17. The molecular weight excluding hydrogens is 179 g/mol. The van der Waals surface area contributed by atoms with Gasteiger partial charge in [0.15, 0.2) is 0 Å². The van der Waals surface area contributed by atoms with Crippen molar-refractivity contribution in [2.45, 2.75) is 6.61 Å². The molecule has 0 saturated carbocycles. The second-order valence-electron chi connectivity index (χ2n) is 2.39.